The summed E-state index contributed by atoms with van der Waals surface area (Å²) in [5, 5.41) is 13.9. The highest BCUT2D eigenvalue weighted by atomic mass is 35.5. The predicted molar refractivity (Wildman–Crippen MR) is 125 cm³/mol. The van der Waals surface area contributed by atoms with Gasteiger partial charge in [0.2, 0.25) is 0 Å². The molecule has 3 aromatic carbocycles. The molecule has 1 amide bonds. The number of phenols is 1. The lowest BCUT2D eigenvalue weighted by Gasteiger charge is -2.18. The fraction of sp³-hybridized carbons (Fsp3) is 0.160. The summed E-state index contributed by atoms with van der Waals surface area (Å²) in [5.41, 5.74) is 4.63. The van der Waals surface area contributed by atoms with E-state index in [1.54, 1.807) is 36.4 Å². The third-order valence-electron chi connectivity index (χ3n) is 4.66. The molecule has 0 atom stereocenters. The van der Waals surface area contributed by atoms with E-state index < -0.39 is 11.9 Å². The molecule has 7 heteroatoms. The molecule has 32 heavy (non-hydrogen) atoms. The van der Waals surface area contributed by atoms with Crippen molar-refractivity contribution in [3.8, 4) is 11.5 Å². The van der Waals surface area contributed by atoms with Gasteiger partial charge in [-0.2, -0.15) is 5.10 Å². The molecular formula is C25H23ClN2O4. The summed E-state index contributed by atoms with van der Waals surface area (Å²) in [7, 11) is 0. The summed E-state index contributed by atoms with van der Waals surface area (Å²) in [6, 6.07) is 18.2. The van der Waals surface area contributed by atoms with Crippen LogP contribution in [0.2, 0.25) is 5.02 Å². The van der Waals surface area contributed by atoms with Crippen LogP contribution < -0.4 is 10.2 Å². The summed E-state index contributed by atoms with van der Waals surface area (Å²) in [4.78, 5) is 24.5. The highest BCUT2D eigenvalue weighted by Gasteiger charge is 2.15. The maximum atomic E-state index is 12.4. The maximum Gasteiger partial charge on any atom is 0.343 e. The Morgan fingerprint density at radius 1 is 1.00 bits per heavy atom. The molecule has 3 rings (SSSR count). The van der Waals surface area contributed by atoms with Crippen LogP contribution in [0.3, 0.4) is 0 Å². The van der Waals surface area contributed by atoms with E-state index in [1.165, 1.54) is 24.4 Å². The van der Waals surface area contributed by atoms with Crippen LogP contribution in [0.4, 0.5) is 0 Å². The van der Waals surface area contributed by atoms with E-state index in [-0.39, 0.29) is 16.7 Å². The first-order chi connectivity index (χ1) is 15.1. The fourth-order valence-electron chi connectivity index (χ4n) is 2.81. The van der Waals surface area contributed by atoms with Crippen molar-refractivity contribution in [3.05, 3.63) is 94.0 Å². The fourth-order valence-corrected chi connectivity index (χ4v) is 2.98. The molecule has 2 N–H and O–H groups in total. The van der Waals surface area contributed by atoms with Gasteiger partial charge < -0.3 is 9.84 Å². The Morgan fingerprint density at radius 2 is 1.66 bits per heavy atom. The van der Waals surface area contributed by atoms with E-state index in [1.807, 2.05) is 12.1 Å². The van der Waals surface area contributed by atoms with Gasteiger partial charge in [0.05, 0.1) is 17.3 Å². The molecule has 0 fully saturated rings. The smallest absolute Gasteiger partial charge is 0.343 e. The molecule has 0 saturated heterocycles. The number of aromatic hydroxyl groups is 1. The second-order valence-electron chi connectivity index (χ2n) is 8.15. The van der Waals surface area contributed by atoms with E-state index in [0.29, 0.717) is 21.9 Å². The van der Waals surface area contributed by atoms with Gasteiger partial charge in [-0.3, -0.25) is 4.79 Å². The first-order valence-corrected chi connectivity index (χ1v) is 10.3. The molecule has 0 bridgehead atoms. The number of hydrogen-bond acceptors (Lipinski definition) is 5. The number of ether oxygens (including phenoxy) is 1. The molecule has 0 aliphatic heterocycles. The highest BCUT2D eigenvalue weighted by molar-refractivity contribution is 6.31. The number of hydrogen-bond donors (Lipinski definition) is 2. The quantitative estimate of drug-likeness (QED) is 0.238. The maximum absolute atomic E-state index is 12.4. The van der Waals surface area contributed by atoms with Gasteiger partial charge in [0.1, 0.15) is 11.5 Å². The largest absolute Gasteiger partial charge is 0.507 e. The number of halogens is 1. The van der Waals surface area contributed by atoms with Crippen LogP contribution in [0.1, 0.15) is 52.6 Å². The van der Waals surface area contributed by atoms with Gasteiger partial charge in [-0.15, -0.1) is 0 Å². The molecule has 0 spiro atoms. The number of carbonyl (C=O) groups excluding carboxylic acids is 2. The molecule has 0 radical (unpaired) electrons. The van der Waals surface area contributed by atoms with Crippen LogP contribution in [0.5, 0.6) is 11.5 Å². The standard InChI is InChI=1S/C25H23ClN2O4/c1-25(2,3)18-8-6-17(7-9-18)24(31)32-20-11-4-16(5-12-20)15-27-28-23(30)21-14-19(26)10-13-22(21)29/h4-15,29H,1-3H3,(H,28,30)/b27-15-. The molecule has 0 saturated carbocycles. The lowest BCUT2D eigenvalue weighted by atomic mass is 9.87. The van der Waals surface area contributed by atoms with Crippen LogP contribution in [0.25, 0.3) is 0 Å². The Kier molecular flexibility index (Phi) is 6.95. The Bertz CT molecular complexity index is 1150. The number of amides is 1. The van der Waals surface area contributed by atoms with Gasteiger partial charge in [-0.1, -0.05) is 44.5 Å². The van der Waals surface area contributed by atoms with Crippen molar-refractivity contribution < 1.29 is 19.4 Å². The Balaban J connectivity index is 1.58. The van der Waals surface area contributed by atoms with Crippen LogP contribution in [0.15, 0.2) is 71.8 Å². The number of rotatable bonds is 5. The number of hydrazone groups is 1. The topological polar surface area (TPSA) is 88.0 Å². The highest BCUT2D eigenvalue weighted by Crippen LogP contribution is 2.23. The van der Waals surface area contributed by atoms with Crippen LogP contribution in [-0.2, 0) is 5.41 Å². The van der Waals surface area contributed by atoms with Gasteiger partial charge in [0, 0.05) is 5.02 Å². The SMILES string of the molecule is CC(C)(C)c1ccc(C(=O)Oc2ccc(/C=N\NC(=O)c3cc(Cl)ccc3O)cc2)cc1. The van der Waals surface area contributed by atoms with Gasteiger partial charge in [0.25, 0.3) is 5.91 Å². The number of nitrogens with zero attached hydrogens (tertiary/aromatic N) is 1. The van der Waals surface area contributed by atoms with Crippen molar-refractivity contribution in [2.24, 2.45) is 5.10 Å². The third-order valence-corrected chi connectivity index (χ3v) is 4.90. The molecule has 0 aliphatic rings. The second kappa shape index (κ2) is 9.66. The van der Waals surface area contributed by atoms with Gasteiger partial charge in [-0.05, 0) is 71.1 Å². The lowest BCUT2D eigenvalue weighted by Crippen LogP contribution is -2.17. The average molecular weight is 451 g/mol. The second-order valence-corrected chi connectivity index (χ2v) is 8.58. The van der Waals surface area contributed by atoms with E-state index in [9.17, 15) is 14.7 Å². The van der Waals surface area contributed by atoms with Crippen molar-refractivity contribution in [1.29, 1.82) is 0 Å². The first-order valence-electron chi connectivity index (χ1n) is 9.88. The number of carbonyl (C=O) groups is 2. The zero-order valence-electron chi connectivity index (χ0n) is 17.9. The molecule has 164 valence electrons. The molecule has 3 aromatic rings. The first kappa shape index (κ1) is 23.0. The summed E-state index contributed by atoms with van der Waals surface area (Å²) in [6.07, 6.45) is 1.43. The van der Waals surface area contributed by atoms with Gasteiger partial charge in [-0.25, -0.2) is 10.2 Å². The lowest BCUT2D eigenvalue weighted by molar-refractivity contribution is 0.0734. The number of esters is 1. The normalized spacial score (nSPS) is 11.4. The zero-order chi connectivity index (χ0) is 23.3. The number of phenolic OH excluding ortho intramolecular Hbond substituents is 1. The predicted octanol–water partition coefficient (Wildman–Crippen LogP) is 5.33. The third kappa shape index (κ3) is 5.95. The van der Waals surface area contributed by atoms with Gasteiger partial charge in [0.15, 0.2) is 0 Å². The summed E-state index contributed by atoms with van der Waals surface area (Å²) in [6.45, 7) is 6.33. The molecule has 6 nitrogen and oxygen atoms in total. The minimum absolute atomic E-state index is 0.00776. The van der Waals surface area contributed by atoms with Crippen molar-refractivity contribution in [2.75, 3.05) is 0 Å². The van der Waals surface area contributed by atoms with Gasteiger partial charge >= 0.3 is 5.97 Å². The molecule has 0 heterocycles. The van der Waals surface area contributed by atoms with E-state index in [4.69, 9.17) is 16.3 Å². The molecule has 0 aromatic heterocycles. The van der Waals surface area contributed by atoms with Crippen LogP contribution in [0, 0.1) is 0 Å². The van der Waals surface area contributed by atoms with Crippen molar-refractivity contribution in [2.45, 2.75) is 26.2 Å². The monoisotopic (exact) mass is 450 g/mol. The van der Waals surface area contributed by atoms with Crippen molar-refractivity contribution >= 4 is 29.7 Å². The van der Waals surface area contributed by atoms with E-state index in [0.717, 1.165) is 5.56 Å². The molecular weight excluding hydrogens is 428 g/mol. The summed E-state index contributed by atoms with van der Waals surface area (Å²) in [5.74, 6) is -0.842. The van der Waals surface area contributed by atoms with E-state index in [2.05, 4.69) is 31.3 Å². The summed E-state index contributed by atoms with van der Waals surface area (Å²) < 4.78 is 5.41. The van der Waals surface area contributed by atoms with Crippen molar-refractivity contribution in [1.82, 2.24) is 5.43 Å². The number of nitrogens with one attached hydrogen (secondary N) is 1. The minimum Gasteiger partial charge on any atom is -0.507 e. The molecule has 0 aliphatic carbocycles. The number of benzene rings is 3. The zero-order valence-corrected chi connectivity index (χ0v) is 18.7. The Morgan fingerprint density at radius 3 is 2.28 bits per heavy atom. The Labute approximate surface area is 191 Å². The van der Waals surface area contributed by atoms with E-state index >= 15 is 0 Å². The summed E-state index contributed by atoms with van der Waals surface area (Å²) >= 11 is 5.84. The van der Waals surface area contributed by atoms with Crippen LogP contribution >= 0.6 is 11.6 Å². The molecule has 0 unspecified atom stereocenters. The van der Waals surface area contributed by atoms with Crippen LogP contribution in [-0.4, -0.2) is 23.2 Å². The Hall–Kier alpha value is -3.64. The van der Waals surface area contributed by atoms with Crippen molar-refractivity contribution in [3.63, 3.8) is 0 Å². The minimum atomic E-state index is -0.593. The average Bonchev–Trinajstić information content (AvgIpc) is 2.76.